The van der Waals surface area contributed by atoms with Gasteiger partial charge in [0, 0.05) is 31.8 Å². The molecule has 0 bridgehead atoms. The summed E-state index contributed by atoms with van der Waals surface area (Å²) >= 11 is 0. The number of H-pyrrole nitrogens is 1. The standard InChI is InChI=1S/C19H23N5O3S/c1-12(2)24-16-7-5-4-6-15(16)20-17(24)11-23-9-8-14-13(10-23)18(25)22-19(21-14)28(3,26)27/h4-7,12H,8-11H2,1-3H3,(H,21,22,25). The lowest BCUT2D eigenvalue weighted by molar-refractivity contribution is 0.231. The van der Waals surface area contributed by atoms with E-state index in [9.17, 15) is 13.2 Å². The van der Waals surface area contributed by atoms with Gasteiger partial charge in [-0.05, 0) is 26.0 Å². The van der Waals surface area contributed by atoms with Crippen LogP contribution in [0, 0.1) is 0 Å². The molecule has 1 N–H and O–H groups in total. The molecule has 1 aliphatic rings. The van der Waals surface area contributed by atoms with Crippen LogP contribution in [-0.2, 0) is 29.3 Å². The molecule has 0 saturated heterocycles. The average molecular weight is 401 g/mol. The van der Waals surface area contributed by atoms with E-state index in [1.54, 1.807) is 0 Å². The van der Waals surface area contributed by atoms with Gasteiger partial charge >= 0.3 is 0 Å². The van der Waals surface area contributed by atoms with Crippen LogP contribution in [0.2, 0.25) is 0 Å². The van der Waals surface area contributed by atoms with Crippen molar-refractivity contribution in [3.05, 3.63) is 51.7 Å². The van der Waals surface area contributed by atoms with Crippen LogP contribution in [0.25, 0.3) is 11.0 Å². The molecule has 0 unspecified atom stereocenters. The number of para-hydroxylation sites is 2. The molecular weight excluding hydrogens is 378 g/mol. The van der Waals surface area contributed by atoms with E-state index in [1.807, 2.05) is 18.2 Å². The Morgan fingerprint density at radius 3 is 2.68 bits per heavy atom. The largest absolute Gasteiger partial charge is 0.324 e. The van der Waals surface area contributed by atoms with Gasteiger partial charge in [-0.25, -0.2) is 18.4 Å². The zero-order chi connectivity index (χ0) is 20.1. The van der Waals surface area contributed by atoms with Crippen molar-refractivity contribution in [2.75, 3.05) is 12.8 Å². The number of nitrogens with one attached hydrogen (secondary N) is 1. The minimum absolute atomic E-state index is 0.258. The molecule has 0 fully saturated rings. The van der Waals surface area contributed by atoms with Gasteiger partial charge in [0.15, 0.2) is 0 Å². The first-order valence-corrected chi connectivity index (χ1v) is 11.1. The lowest BCUT2D eigenvalue weighted by Crippen LogP contribution is -2.36. The maximum atomic E-state index is 12.4. The predicted molar refractivity (Wildman–Crippen MR) is 106 cm³/mol. The molecule has 148 valence electrons. The van der Waals surface area contributed by atoms with Gasteiger partial charge in [-0.3, -0.25) is 14.7 Å². The van der Waals surface area contributed by atoms with E-state index in [1.165, 1.54) is 0 Å². The molecule has 8 nitrogen and oxygen atoms in total. The highest BCUT2D eigenvalue weighted by atomic mass is 32.2. The van der Waals surface area contributed by atoms with Crippen molar-refractivity contribution in [2.45, 2.75) is 44.6 Å². The summed E-state index contributed by atoms with van der Waals surface area (Å²) < 4.78 is 25.6. The zero-order valence-electron chi connectivity index (χ0n) is 16.1. The first-order valence-electron chi connectivity index (χ1n) is 9.24. The first-order chi connectivity index (χ1) is 13.2. The topological polar surface area (TPSA) is 101 Å². The lowest BCUT2D eigenvalue weighted by atomic mass is 10.1. The van der Waals surface area contributed by atoms with Crippen LogP contribution in [-0.4, -0.2) is 45.6 Å². The SMILES string of the molecule is CC(C)n1c(CN2CCc3nc(S(C)(=O)=O)[nH]c(=O)c3C2)nc2ccccc21. The molecule has 9 heteroatoms. The van der Waals surface area contributed by atoms with Gasteiger partial charge in [0.25, 0.3) is 5.56 Å². The Labute approximate surface area is 163 Å². The van der Waals surface area contributed by atoms with Crippen LogP contribution in [0.4, 0.5) is 0 Å². The van der Waals surface area contributed by atoms with Gasteiger partial charge in [-0.2, -0.15) is 0 Å². The van der Waals surface area contributed by atoms with Crippen LogP contribution in [0.1, 0.15) is 37.0 Å². The number of nitrogens with zero attached hydrogens (tertiary/aromatic N) is 4. The minimum Gasteiger partial charge on any atom is -0.324 e. The number of sulfone groups is 1. The van der Waals surface area contributed by atoms with E-state index in [4.69, 9.17) is 4.98 Å². The number of imidazole rings is 1. The molecular formula is C19H23N5O3S. The zero-order valence-corrected chi connectivity index (χ0v) is 17.0. The second-order valence-electron chi connectivity index (χ2n) is 7.51. The Morgan fingerprint density at radius 2 is 1.96 bits per heavy atom. The van der Waals surface area contributed by atoms with E-state index in [-0.39, 0.29) is 16.8 Å². The van der Waals surface area contributed by atoms with Crippen molar-refractivity contribution in [1.82, 2.24) is 24.4 Å². The lowest BCUT2D eigenvalue weighted by Gasteiger charge is -2.28. The van der Waals surface area contributed by atoms with E-state index in [2.05, 4.69) is 39.3 Å². The number of rotatable bonds is 4. The molecule has 1 aliphatic heterocycles. The van der Waals surface area contributed by atoms with E-state index in [0.717, 1.165) is 23.1 Å². The highest BCUT2D eigenvalue weighted by Crippen LogP contribution is 2.23. The van der Waals surface area contributed by atoms with Crippen LogP contribution < -0.4 is 5.56 Å². The molecule has 0 spiro atoms. The molecule has 3 heterocycles. The van der Waals surface area contributed by atoms with Gasteiger partial charge in [-0.15, -0.1) is 0 Å². The highest BCUT2D eigenvalue weighted by molar-refractivity contribution is 7.90. The summed E-state index contributed by atoms with van der Waals surface area (Å²) in [6.45, 7) is 5.98. The smallest absolute Gasteiger partial charge is 0.256 e. The van der Waals surface area contributed by atoms with Crippen molar-refractivity contribution in [3.8, 4) is 0 Å². The second kappa shape index (κ2) is 6.82. The van der Waals surface area contributed by atoms with Gasteiger partial charge < -0.3 is 4.57 Å². The fourth-order valence-corrected chi connectivity index (χ4v) is 4.30. The fourth-order valence-electron chi connectivity index (χ4n) is 3.75. The van der Waals surface area contributed by atoms with Gasteiger partial charge in [-0.1, -0.05) is 12.1 Å². The molecule has 0 aliphatic carbocycles. The highest BCUT2D eigenvalue weighted by Gasteiger charge is 2.25. The number of benzene rings is 1. The number of fused-ring (bicyclic) bond motifs is 2. The molecule has 3 aromatic rings. The van der Waals surface area contributed by atoms with Gasteiger partial charge in [0.1, 0.15) is 5.82 Å². The Bertz CT molecular complexity index is 1210. The first kappa shape index (κ1) is 18.8. The van der Waals surface area contributed by atoms with Crippen molar-refractivity contribution < 1.29 is 8.42 Å². The summed E-state index contributed by atoms with van der Waals surface area (Å²) in [5.41, 5.74) is 2.78. The van der Waals surface area contributed by atoms with Crippen molar-refractivity contribution in [2.24, 2.45) is 0 Å². The summed E-state index contributed by atoms with van der Waals surface area (Å²) in [5, 5.41) is -0.258. The Morgan fingerprint density at radius 1 is 1.21 bits per heavy atom. The van der Waals surface area contributed by atoms with Crippen LogP contribution in [0.5, 0.6) is 0 Å². The van der Waals surface area contributed by atoms with Gasteiger partial charge in [0.05, 0.1) is 28.8 Å². The number of hydrogen-bond donors (Lipinski definition) is 1. The van der Waals surface area contributed by atoms with Crippen molar-refractivity contribution >= 4 is 20.9 Å². The molecule has 1 aromatic carbocycles. The summed E-state index contributed by atoms with van der Waals surface area (Å²) in [4.78, 5) is 26.0. The summed E-state index contributed by atoms with van der Waals surface area (Å²) in [5.74, 6) is 0.955. The van der Waals surface area contributed by atoms with E-state index >= 15 is 0 Å². The Kier molecular flexibility index (Phi) is 4.59. The van der Waals surface area contributed by atoms with Crippen molar-refractivity contribution in [3.63, 3.8) is 0 Å². The third-order valence-corrected chi connectivity index (χ3v) is 5.92. The number of aromatic amines is 1. The third kappa shape index (κ3) is 3.35. The molecule has 2 aromatic heterocycles. The molecule has 0 atom stereocenters. The Hall–Kier alpha value is -2.52. The predicted octanol–water partition coefficient (Wildman–Crippen LogP) is 1.66. The van der Waals surface area contributed by atoms with Crippen molar-refractivity contribution in [1.29, 1.82) is 0 Å². The molecule has 0 radical (unpaired) electrons. The fraction of sp³-hybridized carbons (Fsp3) is 0.421. The minimum atomic E-state index is -3.54. The number of hydrogen-bond acceptors (Lipinski definition) is 6. The third-order valence-electron chi connectivity index (χ3n) is 5.03. The summed E-state index contributed by atoms with van der Waals surface area (Å²) in [7, 11) is -3.54. The molecule has 4 rings (SSSR count). The Balaban J connectivity index is 1.65. The molecule has 0 saturated carbocycles. The van der Waals surface area contributed by atoms with E-state index < -0.39 is 9.84 Å². The van der Waals surface area contributed by atoms with E-state index in [0.29, 0.717) is 37.3 Å². The average Bonchev–Trinajstić information content (AvgIpc) is 2.99. The number of aromatic nitrogens is 4. The summed E-state index contributed by atoms with van der Waals surface area (Å²) in [6.07, 6.45) is 1.58. The normalized spacial score (nSPS) is 15.3. The monoisotopic (exact) mass is 401 g/mol. The maximum Gasteiger partial charge on any atom is 0.256 e. The second-order valence-corrected chi connectivity index (χ2v) is 9.44. The van der Waals surface area contributed by atoms with Crippen LogP contribution in [0.3, 0.4) is 0 Å². The van der Waals surface area contributed by atoms with Crippen LogP contribution in [0.15, 0.2) is 34.2 Å². The summed E-state index contributed by atoms with van der Waals surface area (Å²) in [6, 6.07) is 8.32. The van der Waals surface area contributed by atoms with Gasteiger partial charge in [0.2, 0.25) is 15.0 Å². The molecule has 0 amide bonds. The molecule has 28 heavy (non-hydrogen) atoms. The quantitative estimate of drug-likeness (QED) is 0.667. The van der Waals surface area contributed by atoms with Crippen LogP contribution >= 0.6 is 0 Å². The maximum absolute atomic E-state index is 12.4.